The van der Waals surface area contributed by atoms with Gasteiger partial charge in [0, 0.05) is 4.47 Å². The molecule has 0 saturated heterocycles. The second kappa shape index (κ2) is 5.63. The quantitative estimate of drug-likeness (QED) is 0.534. The Labute approximate surface area is 125 Å². The van der Waals surface area contributed by atoms with E-state index < -0.39 is 0 Å². The summed E-state index contributed by atoms with van der Waals surface area (Å²) in [6.07, 6.45) is 0. The Kier molecular flexibility index (Phi) is 4.39. The minimum Gasteiger partial charge on any atom is -0.206 e. The number of rotatable bonds is 2. The summed E-state index contributed by atoms with van der Waals surface area (Å²) in [6, 6.07) is 13.0. The lowest BCUT2D eigenvalue weighted by atomic mass is 10.1. The Morgan fingerprint density at radius 1 is 0.941 bits per heavy atom. The first-order valence-electron chi connectivity index (χ1n) is 4.93. The summed E-state index contributed by atoms with van der Waals surface area (Å²) in [6.45, 7) is 0. The van der Waals surface area contributed by atoms with E-state index in [1.165, 1.54) is 6.07 Å². The van der Waals surface area contributed by atoms with E-state index >= 15 is 0 Å². The van der Waals surface area contributed by atoms with E-state index in [1.54, 1.807) is 12.1 Å². The molecule has 0 N–H and O–H groups in total. The van der Waals surface area contributed by atoms with Crippen molar-refractivity contribution in [1.29, 1.82) is 0 Å². The number of alkyl halides is 1. The number of hydrogen-bond donors (Lipinski definition) is 0. The van der Waals surface area contributed by atoms with Crippen molar-refractivity contribution < 1.29 is 4.39 Å². The first-order chi connectivity index (χ1) is 8.09. The van der Waals surface area contributed by atoms with Gasteiger partial charge >= 0.3 is 0 Å². The molecule has 88 valence electrons. The molecule has 0 heterocycles. The number of benzene rings is 2. The number of halogens is 4. The van der Waals surface area contributed by atoms with Gasteiger partial charge in [-0.25, -0.2) is 4.39 Å². The first kappa shape index (κ1) is 13.2. The summed E-state index contributed by atoms with van der Waals surface area (Å²) < 4.78 is 14.7. The van der Waals surface area contributed by atoms with Crippen LogP contribution in [0.25, 0.3) is 0 Å². The molecule has 0 radical (unpaired) electrons. The van der Waals surface area contributed by atoms with Crippen LogP contribution >= 0.6 is 47.8 Å². The molecule has 1 atom stereocenters. The van der Waals surface area contributed by atoms with Crippen molar-refractivity contribution in [2.24, 2.45) is 0 Å². The fourth-order valence-corrected chi connectivity index (χ4v) is 3.43. The van der Waals surface area contributed by atoms with E-state index in [1.807, 2.05) is 24.3 Å². The Balaban J connectivity index is 2.40. The standard InChI is InChI=1S/C13H8Br3F/c14-10-4-2-1-3-9(10)13(16)8-5-6-12(17)11(15)7-8/h1-7,13H. The maximum Gasteiger partial charge on any atom is 0.137 e. The van der Waals surface area contributed by atoms with Crippen molar-refractivity contribution in [2.75, 3.05) is 0 Å². The van der Waals surface area contributed by atoms with Gasteiger partial charge in [-0.15, -0.1) is 0 Å². The molecular formula is C13H8Br3F. The molecule has 2 rings (SSSR count). The normalized spacial score (nSPS) is 12.5. The van der Waals surface area contributed by atoms with Crippen molar-refractivity contribution >= 4 is 47.8 Å². The third-order valence-corrected chi connectivity index (χ3v) is 4.77. The van der Waals surface area contributed by atoms with Crippen molar-refractivity contribution in [2.45, 2.75) is 4.83 Å². The molecule has 0 aliphatic heterocycles. The van der Waals surface area contributed by atoms with Crippen molar-refractivity contribution in [3.63, 3.8) is 0 Å². The van der Waals surface area contributed by atoms with E-state index in [-0.39, 0.29) is 10.6 Å². The van der Waals surface area contributed by atoms with Crippen LogP contribution in [0.5, 0.6) is 0 Å². The van der Waals surface area contributed by atoms with Gasteiger partial charge in [-0.05, 0) is 45.3 Å². The first-order valence-corrected chi connectivity index (χ1v) is 7.43. The second-order valence-electron chi connectivity index (χ2n) is 3.56. The van der Waals surface area contributed by atoms with Crippen molar-refractivity contribution in [3.8, 4) is 0 Å². The largest absolute Gasteiger partial charge is 0.206 e. The van der Waals surface area contributed by atoms with Crippen LogP contribution in [0.3, 0.4) is 0 Å². The number of hydrogen-bond acceptors (Lipinski definition) is 0. The van der Waals surface area contributed by atoms with Crippen LogP contribution in [0.4, 0.5) is 4.39 Å². The predicted molar refractivity (Wildman–Crippen MR) is 79.0 cm³/mol. The Bertz CT molecular complexity index is 540. The zero-order valence-electron chi connectivity index (χ0n) is 8.63. The second-order valence-corrected chi connectivity index (χ2v) is 6.18. The predicted octanol–water partition coefficient (Wildman–Crippen LogP) is 5.84. The highest BCUT2D eigenvalue weighted by Crippen LogP contribution is 2.36. The Morgan fingerprint density at radius 3 is 2.29 bits per heavy atom. The third-order valence-electron chi connectivity index (χ3n) is 2.41. The van der Waals surface area contributed by atoms with E-state index in [0.717, 1.165) is 15.6 Å². The molecule has 0 fully saturated rings. The lowest BCUT2D eigenvalue weighted by molar-refractivity contribution is 0.620. The summed E-state index contributed by atoms with van der Waals surface area (Å²) in [4.78, 5) is 0.0370. The van der Waals surface area contributed by atoms with Crippen LogP contribution in [-0.4, -0.2) is 0 Å². The monoisotopic (exact) mass is 420 g/mol. The Morgan fingerprint density at radius 2 is 1.65 bits per heavy atom. The molecule has 0 aliphatic carbocycles. The molecular weight excluding hydrogens is 415 g/mol. The lowest BCUT2D eigenvalue weighted by Crippen LogP contribution is -1.94. The van der Waals surface area contributed by atoms with Gasteiger partial charge in [0.25, 0.3) is 0 Å². The maximum atomic E-state index is 13.2. The van der Waals surface area contributed by atoms with Gasteiger partial charge in [0.15, 0.2) is 0 Å². The molecule has 0 spiro atoms. The van der Waals surface area contributed by atoms with Crippen molar-refractivity contribution in [3.05, 3.63) is 68.4 Å². The van der Waals surface area contributed by atoms with Crippen LogP contribution in [0.2, 0.25) is 0 Å². The molecule has 1 unspecified atom stereocenters. The summed E-state index contributed by atoms with van der Waals surface area (Å²) in [5.41, 5.74) is 2.12. The van der Waals surface area contributed by atoms with Crippen LogP contribution < -0.4 is 0 Å². The topological polar surface area (TPSA) is 0 Å². The summed E-state index contributed by atoms with van der Waals surface area (Å²) in [5.74, 6) is -0.249. The molecule has 0 amide bonds. The molecule has 2 aromatic carbocycles. The maximum absolute atomic E-state index is 13.2. The summed E-state index contributed by atoms with van der Waals surface area (Å²) >= 11 is 10.3. The van der Waals surface area contributed by atoms with Crippen LogP contribution in [0.15, 0.2) is 51.4 Å². The minimum atomic E-state index is -0.249. The highest BCUT2D eigenvalue weighted by Gasteiger charge is 2.14. The molecule has 0 nitrogen and oxygen atoms in total. The zero-order chi connectivity index (χ0) is 12.4. The van der Waals surface area contributed by atoms with E-state index in [2.05, 4.69) is 47.8 Å². The van der Waals surface area contributed by atoms with Crippen molar-refractivity contribution in [1.82, 2.24) is 0 Å². The smallest absolute Gasteiger partial charge is 0.137 e. The Hall–Kier alpha value is -0.190. The van der Waals surface area contributed by atoms with Crippen LogP contribution in [0, 0.1) is 5.82 Å². The molecule has 0 aliphatic rings. The van der Waals surface area contributed by atoms with Crippen LogP contribution in [-0.2, 0) is 0 Å². The fourth-order valence-electron chi connectivity index (χ4n) is 1.53. The molecule has 0 aromatic heterocycles. The highest BCUT2D eigenvalue weighted by molar-refractivity contribution is 9.11. The molecule has 2 aromatic rings. The average molecular weight is 423 g/mol. The van der Waals surface area contributed by atoms with Gasteiger partial charge in [0.2, 0.25) is 0 Å². The summed E-state index contributed by atoms with van der Waals surface area (Å²) in [5, 5.41) is 0. The van der Waals surface area contributed by atoms with E-state index in [9.17, 15) is 4.39 Å². The third kappa shape index (κ3) is 2.98. The van der Waals surface area contributed by atoms with Gasteiger partial charge in [-0.2, -0.15) is 0 Å². The van der Waals surface area contributed by atoms with Crippen LogP contribution in [0.1, 0.15) is 16.0 Å². The zero-order valence-corrected chi connectivity index (χ0v) is 13.4. The van der Waals surface area contributed by atoms with Gasteiger partial charge in [-0.3, -0.25) is 0 Å². The molecule has 0 saturated carbocycles. The van der Waals surface area contributed by atoms with E-state index in [0.29, 0.717) is 4.47 Å². The molecule has 0 bridgehead atoms. The van der Waals surface area contributed by atoms with Gasteiger partial charge in [-0.1, -0.05) is 56.1 Å². The van der Waals surface area contributed by atoms with Gasteiger partial charge in [0.1, 0.15) is 5.82 Å². The molecule has 4 heteroatoms. The van der Waals surface area contributed by atoms with Gasteiger partial charge < -0.3 is 0 Å². The SMILES string of the molecule is Fc1ccc(C(Br)c2ccccc2Br)cc1Br. The highest BCUT2D eigenvalue weighted by atomic mass is 79.9. The fraction of sp³-hybridized carbons (Fsp3) is 0.0769. The van der Waals surface area contributed by atoms with Gasteiger partial charge in [0.05, 0.1) is 9.30 Å². The average Bonchev–Trinajstić information content (AvgIpc) is 2.32. The minimum absolute atomic E-state index is 0.0370. The van der Waals surface area contributed by atoms with E-state index in [4.69, 9.17) is 0 Å². The molecule has 17 heavy (non-hydrogen) atoms. The lowest BCUT2D eigenvalue weighted by Gasteiger charge is -2.13. The summed E-state index contributed by atoms with van der Waals surface area (Å²) in [7, 11) is 0.